The number of hydrogen-bond donors (Lipinski definition) is 2. The van der Waals surface area contributed by atoms with Crippen LogP contribution >= 0.6 is 0 Å². The number of carbonyl (C=O) groups excluding carboxylic acids is 1. The average molecular weight is 330 g/mol. The third kappa shape index (κ3) is 4.19. The van der Waals surface area contributed by atoms with Crippen molar-refractivity contribution in [2.75, 3.05) is 13.2 Å². The summed E-state index contributed by atoms with van der Waals surface area (Å²) in [5, 5.41) is 19.3. The summed E-state index contributed by atoms with van der Waals surface area (Å²) >= 11 is 0. The second-order valence-corrected chi connectivity index (χ2v) is 5.39. The van der Waals surface area contributed by atoms with Gasteiger partial charge in [-0.1, -0.05) is 13.8 Å². The Bertz CT molecular complexity index is 649. The molecule has 0 heterocycles. The van der Waals surface area contributed by atoms with Crippen molar-refractivity contribution >= 4 is 5.78 Å². The van der Waals surface area contributed by atoms with Gasteiger partial charge in [-0.3, -0.25) is 4.79 Å². The van der Waals surface area contributed by atoms with Gasteiger partial charge < -0.3 is 19.7 Å². The van der Waals surface area contributed by atoms with E-state index in [1.807, 2.05) is 13.8 Å². The first kappa shape index (κ1) is 17.7. The minimum absolute atomic E-state index is 0.0332. The van der Waals surface area contributed by atoms with E-state index in [-0.39, 0.29) is 17.3 Å². The lowest BCUT2D eigenvalue weighted by Gasteiger charge is -2.14. The van der Waals surface area contributed by atoms with E-state index in [0.29, 0.717) is 35.8 Å². The Kier molecular flexibility index (Phi) is 6.07. The largest absolute Gasteiger partial charge is 0.508 e. The van der Waals surface area contributed by atoms with Crippen LogP contribution < -0.4 is 9.47 Å². The Hall–Kier alpha value is -2.69. The van der Waals surface area contributed by atoms with Crippen molar-refractivity contribution in [1.29, 1.82) is 0 Å². The maximum atomic E-state index is 12.9. The number of phenolic OH excluding ortho intramolecular Hbond substituents is 2. The molecule has 0 amide bonds. The zero-order valence-electron chi connectivity index (χ0n) is 13.9. The van der Waals surface area contributed by atoms with E-state index in [2.05, 4.69) is 0 Å². The van der Waals surface area contributed by atoms with Crippen molar-refractivity contribution in [3.05, 3.63) is 47.5 Å². The molecule has 2 rings (SSSR count). The fraction of sp³-hybridized carbons (Fsp3) is 0.316. The number of aromatic hydroxyl groups is 2. The summed E-state index contributed by atoms with van der Waals surface area (Å²) in [7, 11) is 0. The molecule has 0 saturated carbocycles. The van der Waals surface area contributed by atoms with Crippen molar-refractivity contribution in [3.63, 3.8) is 0 Å². The van der Waals surface area contributed by atoms with Crippen molar-refractivity contribution in [3.8, 4) is 23.0 Å². The molecule has 5 nitrogen and oxygen atoms in total. The summed E-state index contributed by atoms with van der Waals surface area (Å²) < 4.78 is 11.2. The van der Waals surface area contributed by atoms with Gasteiger partial charge in [0.15, 0.2) is 5.78 Å². The molecule has 0 unspecified atom stereocenters. The zero-order valence-corrected chi connectivity index (χ0v) is 13.9. The fourth-order valence-electron chi connectivity index (χ4n) is 2.21. The number of ether oxygens (including phenoxy) is 2. The van der Waals surface area contributed by atoms with Gasteiger partial charge in [-0.15, -0.1) is 0 Å². The van der Waals surface area contributed by atoms with Gasteiger partial charge in [-0.25, -0.2) is 0 Å². The molecule has 0 saturated heterocycles. The quantitative estimate of drug-likeness (QED) is 0.718. The van der Waals surface area contributed by atoms with Gasteiger partial charge in [-0.2, -0.15) is 0 Å². The Morgan fingerprint density at radius 2 is 1.25 bits per heavy atom. The molecule has 0 aliphatic rings. The van der Waals surface area contributed by atoms with E-state index in [0.717, 1.165) is 12.8 Å². The van der Waals surface area contributed by atoms with E-state index >= 15 is 0 Å². The molecule has 0 radical (unpaired) electrons. The summed E-state index contributed by atoms with van der Waals surface area (Å²) in [5.41, 5.74) is 0.682. The molecular weight excluding hydrogens is 308 g/mol. The Morgan fingerprint density at radius 3 is 1.62 bits per heavy atom. The highest BCUT2D eigenvalue weighted by molar-refractivity contribution is 6.12. The van der Waals surface area contributed by atoms with E-state index in [9.17, 15) is 15.0 Å². The SMILES string of the molecule is CCCOc1cc(O)ccc1C(=O)c1ccc(O)cc1OCCC. The monoisotopic (exact) mass is 330 g/mol. The van der Waals surface area contributed by atoms with Crippen LogP contribution in [0, 0.1) is 0 Å². The number of benzene rings is 2. The molecule has 0 aliphatic carbocycles. The summed E-state index contributed by atoms with van der Waals surface area (Å²) in [5.74, 6) is 0.441. The topological polar surface area (TPSA) is 76.0 Å². The highest BCUT2D eigenvalue weighted by atomic mass is 16.5. The highest BCUT2D eigenvalue weighted by Crippen LogP contribution is 2.31. The number of ketones is 1. The Morgan fingerprint density at radius 1 is 0.833 bits per heavy atom. The first-order chi connectivity index (χ1) is 11.6. The molecular formula is C19H22O5. The lowest BCUT2D eigenvalue weighted by atomic mass is 10.0. The lowest BCUT2D eigenvalue weighted by Crippen LogP contribution is -2.09. The van der Waals surface area contributed by atoms with E-state index in [1.165, 1.54) is 36.4 Å². The predicted octanol–water partition coefficient (Wildman–Crippen LogP) is 3.91. The number of hydrogen-bond acceptors (Lipinski definition) is 5. The summed E-state index contributed by atoms with van der Waals surface area (Å²) in [6, 6.07) is 8.79. The average Bonchev–Trinajstić information content (AvgIpc) is 2.57. The predicted molar refractivity (Wildman–Crippen MR) is 91.2 cm³/mol. The summed E-state index contributed by atoms with van der Waals surface area (Å²) in [6.45, 7) is 4.80. The molecule has 0 aromatic heterocycles. The molecule has 0 fully saturated rings. The number of carbonyl (C=O) groups is 1. The molecule has 0 bridgehead atoms. The minimum Gasteiger partial charge on any atom is -0.508 e. The van der Waals surface area contributed by atoms with Crippen molar-refractivity contribution in [2.45, 2.75) is 26.7 Å². The first-order valence-electron chi connectivity index (χ1n) is 8.03. The van der Waals surface area contributed by atoms with Gasteiger partial charge >= 0.3 is 0 Å². The maximum Gasteiger partial charge on any atom is 0.200 e. The Balaban J connectivity index is 2.41. The van der Waals surface area contributed by atoms with Crippen molar-refractivity contribution < 1.29 is 24.5 Å². The molecule has 0 aliphatic heterocycles. The van der Waals surface area contributed by atoms with Crippen molar-refractivity contribution in [1.82, 2.24) is 0 Å². The van der Waals surface area contributed by atoms with Gasteiger partial charge in [0, 0.05) is 12.1 Å². The summed E-state index contributed by atoms with van der Waals surface area (Å²) in [6.07, 6.45) is 1.57. The third-order valence-electron chi connectivity index (χ3n) is 3.34. The van der Waals surface area contributed by atoms with Crippen LogP contribution in [0.4, 0.5) is 0 Å². The van der Waals surface area contributed by atoms with Crippen LogP contribution in [0.15, 0.2) is 36.4 Å². The van der Waals surface area contributed by atoms with Crippen LogP contribution in [-0.2, 0) is 0 Å². The number of rotatable bonds is 8. The zero-order chi connectivity index (χ0) is 17.5. The van der Waals surface area contributed by atoms with E-state index < -0.39 is 0 Å². The molecule has 0 spiro atoms. The van der Waals surface area contributed by atoms with Crippen LogP contribution in [0.5, 0.6) is 23.0 Å². The molecule has 128 valence electrons. The smallest absolute Gasteiger partial charge is 0.200 e. The molecule has 5 heteroatoms. The standard InChI is InChI=1S/C19H22O5/c1-3-9-23-17-11-13(20)5-7-15(17)19(22)16-8-6-14(21)12-18(16)24-10-4-2/h5-8,11-12,20-21H,3-4,9-10H2,1-2H3. The molecule has 2 N–H and O–H groups in total. The van der Waals surface area contributed by atoms with Crippen LogP contribution in [0.1, 0.15) is 42.6 Å². The lowest BCUT2D eigenvalue weighted by molar-refractivity contribution is 0.103. The fourth-order valence-corrected chi connectivity index (χ4v) is 2.21. The minimum atomic E-state index is -0.285. The Labute approximate surface area is 141 Å². The normalized spacial score (nSPS) is 10.4. The van der Waals surface area contributed by atoms with Gasteiger partial charge in [0.1, 0.15) is 23.0 Å². The van der Waals surface area contributed by atoms with Crippen LogP contribution in [0.3, 0.4) is 0 Å². The molecule has 2 aromatic carbocycles. The van der Waals surface area contributed by atoms with Crippen LogP contribution in [-0.4, -0.2) is 29.2 Å². The molecule has 0 atom stereocenters. The first-order valence-corrected chi connectivity index (χ1v) is 8.03. The summed E-state index contributed by atoms with van der Waals surface area (Å²) in [4.78, 5) is 12.9. The van der Waals surface area contributed by atoms with Crippen LogP contribution in [0.25, 0.3) is 0 Å². The molecule has 2 aromatic rings. The van der Waals surface area contributed by atoms with Gasteiger partial charge in [0.25, 0.3) is 0 Å². The second kappa shape index (κ2) is 8.24. The van der Waals surface area contributed by atoms with E-state index in [4.69, 9.17) is 9.47 Å². The highest BCUT2D eigenvalue weighted by Gasteiger charge is 2.20. The van der Waals surface area contributed by atoms with Crippen LogP contribution in [0.2, 0.25) is 0 Å². The van der Waals surface area contributed by atoms with Gasteiger partial charge in [-0.05, 0) is 37.1 Å². The van der Waals surface area contributed by atoms with Gasteiger partial charge in [0.2, 0.25) is 0 Å². The number of phenols is 2. The van der Waals surface area contributed by atoms with E-state index in [1.54, 1.807) is 0 Å². The maximum absolute atomic E-state index is 12.9. The molecule has 24 heavy (non-hydrogen) atoms. The van der Waals surface area contributed by atoms with Crippen molar-refractivity contribution in [2.24, 2.45) is 0 Å². The second-order valence-electron chi connectivity index (χ2n) is 5.39. The van der Waals surface area contributed by atoms with Gasteiger partial charge in [0.05, 0.1) is 24.3 Å². The third-order valence-corrected chi connectivity index (χ3v) is 3.34.